The fourth-order valence-electron chi connectivity index (χ4n) is 2.16. The molecule has 0 unspecified atom stereocenters. The number of carboxylic acid groups (broad SMARTS) is 1. The van der Waals surface area contributed by atoms with Crippen molar-refractivity contribution in [3.05, 3.63) is 28.7 Å². The molecular formula is C13H16BrNO5S. The monoisotopic (exact) mass is 377 g/mol. The molecule has 0 aromatic heterocycles. The Morgan fingerprint density at radius 3 is 2.38 bits per heavy atom. The van der Waals surface area contributed by atoms with Crippen molar-refractivity contribution in [3.8, 4) is 0 Å². The number of halogens is 1. The van der Waals surface area contributed by atoms with Gasteiger partial charge in [0.05, 0.1) is 10.3 Å². The van der Waals surface area contributed by atoms with Crippen LogP contribution in [0.3, 0.4) is 0 Å². The SMILES string of the molecule is O=C(O)C1(CNS(=O)(=O)c2ccc(Br)cc2)CCOCC1. The number of ether oxygens (including phenoxy) is 1. The first kappa shape index (κ1) is 16.4. The zero-order valence-electron chi connectivity index (χ0n) is 11.2. The predicted molar refractivity (Wildman–Crippen MR) is 79.5 cm³/mol. The lowest BCUT2D eigenvalue weighted by molar-refractivity contribution is -0.154. The lowest BCUT2D eigenvalue weighted by Crippen LogP contribution is -2.46. The standard InChI is InChI=1S/C13H16BrNO5S/c14-10-1-3-11(4-2-10)21(18,19)15-9-13(12(16)17)5-7-20-8-6-13/h1-4,15H,5-9H2,(H,16,17). The zero-order chi connectivity index (χ0) is 15.5. The summed E-state index contributed by atoms with van der Waals surface area (Å²) in [6.45, 7) is 0.517. The minimum absolute atomic E-state index is 0.110. The van der Waals surface area contributed by atoms with Crippen LogP contribution in [0.15, 0.2) is 33.6 Å². The normalized spacial score (nSPS) is 18.3. The molecule has 116 valence electrons. The van der Waals surface area contributed by atoms with E-state index in [1.807, 2.05) is 0 Å². The largest absolute Gasteiger partial charge is 0.481 e. The maximum Gasteiger partial charge on any atom is 0.311 e. The minimum atomic E-state index is -3.72. The summed E-state index contributed by atoms with van der Waals surface area (Å²) < 4.78 is 32.7. The van der Waals surface area contributed by atoms with Crippen molar-refractivity contribution in [2.45, 2.75) is 17.7 Å². The lowest BCUT2D eigenvalue weighted by atomic mass is 9.80. The molecule has 0 radical (unpaired) electrons. The molecule has 1 aromatic rings. The predicted octanol–water partition coefficient (Wildman–Crippen LogP) is 1.61. The number of nitrogens with one attached hydrogen (secondary N) is 1. The maximum atomic E-state index is 12.2. The van der Waals surface area contributed by atoms with E-state index in [0.29, 0.717) is 26.1 Å². The van der Waals surface area contributed by atoms with Crippen molar-refractivity contribution < 1.29 is 23.1 Å². The fraction of sp³-hybridized carbons (Fsp3) is 0.462. The summed E-state index contributed by atoms with van der Waals surface area (Å²) in [6.07, 6.45) is 0.594. The van der Waals surface area contributed by atoms with Crippen LogP contribution in [0.1, 0.15) is 12.8 Å². The molecule has 1 aliphatic heterocycles. The Morgan fingerprint density at radius 1 is 1.29 bits per heavy atom. The highest BCUT2D eigenvalue weighted by Crippen LogP contribution is 2.30. The Labute approximate surface area is 131 Å². The smallest absolute Gasteiger partial charge is 0.311 e. The number of benzene rings is 1. The van der Waals surface area contributed by atoms with Crippen molar-refractivity contribution >= 4 is 31.9 Å². The van der Waals surface area contributed by atoms with E-state index in [4.69, 9.17) is 4.74 Å². The molecule has 2 rings (SSSR count). The zero-order valence-corrected chi connectivity index (χ0v) is 13.6. The van der Waals surface area contributed by atoms with E-state index < -0.39 is 21.4 Å². The van der Waals surface area contributed by atoms with Crippen molar-refractivity contribution in [1.82, 2.24) is 4.72 Å². The van der Waals surface area contributed by atoms with E-state index in [0.717, 1.165) is 4.47 Å². The number of carbonyl (C=O) groups is 1. The summed E-state index contributed by atoms with van der Waals surface area (Å²) in [7, 11) is -3.72. The first-order valence-corrected chi connectivity index (χ1v) is 8.70. The maximum absolute atomic E-state index is 12.2. The average Bonchev–Trinajstić information content (AvgIpc) is 2.46. The molecule has 0 bridgehead atoms. The van der Waals surface area contributed by atoms with Gasteiger partial charge in [0.2, 0.25) is 10.0 Å². The average molecular weight is 378 g/mol. The van der Waals surface area contributed by atoms with Gasteiger partial charge in [-0.2, -0.15) is 0 Å². The Hall–Kier alpha value is -0.960. The second-order valence-corrected chi connectivity index (χ2v) is 7.66. The molecule has 6 nitrogen and oxygen atoms in total. The highest BCUT2D eigenvalue weighted by atomic mass is 79.9. The van der Waals surface area contributed by atoms with Gasteiger partial charge < -0.3 is 9.84 Å². The van der Waals surface area contributed by atoms with Crippen LogP contribution in [-0.2, 0) is 19.6 Å². The van der Waals surface area contributed by atoms with Crippen LogP contribution in [-0.4, -0.2) is 39.3 Å². The molecule has 2 N–H and O–H groups in total. The summed E-state index contributed by atoms with van der Waals surface area (Å²) in [4.78, 5) is 11.6. The van der Waals surface area contributed by atoms with Gasteiger partial charge in [-0.3, -0.25) is 4.79 Å². The number of hydrogen-bond donors (Lipinski definition) is 2. The van der Waals surface area contributed by atoms with Gasteiger partial charge in [0.15, 0.2) is 0 Å². The molecule has 0 atom stereocenters. The molecule has 0 aliphatic carbocycles. The van der Waals surface area contributed by atoms with Crippen molar-refractivity contribution in [1.29, 1.82) is 0 Å². The van der Waals surface area contributed by atoms with Crippen LogP contribution in [0.5, 0.6) is 0 Å². The van der Waals surface area contributed by atoms with Crippen LogP contribution in [0.2, 0.25) is 0 Å². The number of sulfonamides is 1. The molecule has 1 fully saturated rings. The molecule has 21 heavy (non-hydrogen) atoms. The van der Waals surface area contributed by atoms with Gasteiger partial charge in [-0.15, -0.1) is 0 Å². The lowest BCUT2D eigenvalue weighted by Gasteiger charge is -2.33. The molecule has 0 saturated carbocycles. The van der Waals surface area contributed by atoms with Gasteiger partial charge in [-0.05, 0) is 37.1 Å². The Morgan fingerprint density at radius 2 is 1.86 bits per heavy atom. The molecule has 8 heteroatoms. The van der Waals surface area contributed by atoms with Gasteiger partial charge in [-0.1, -0.05) is 15.9 Å². The Bertz CT molecular complexity index is 608. The number of aliphatic carboxylic acids is 1. The van der Waals surface area contributed by atoms with E-state index in [-0.39, 0.29) is 11.4 Å². The van der Waals surface area contributed by atoms with Crippen LogP contribution in [0.25, 0.3) is 0 Å². The van der Waals surface area contributed by atoms with E-state index in [9.17, 15) is 18.3 Å². The van der Waals surface area contributed by atoms with Crippen LogP contribution >= 0.6 is 15.9 Å². The van der Waals surface area contributed by atoms with E-state index in [1.54, 1.807) is 12.1 Å². The Balaban J connectivity index is 2.13. The third-order valence-electron chi connectivity index (χ3n) is 3.63. The number of rotatable bonds is 5. The second kappa shape index (κ2) is 6.43. The van der Waals surface area contributed by atoms with Gasteiger partial charge in [0, 0.05) is 24.2 Å². The third kappa shape index (κ3) is 3.82. The molecule has 0 spiro atoms. The molecule has 1 aliphatic rings. The van der Waals surface area contributed by atoms with Gasteiger partial charge in [0.1, 0.15) is 0 Å². The van der Waals surface area contributed by atoms with Gasteiger partial charge in [0.25, 0.3) is 0 Å². The molecule has 1 heterocycles. The molecular weight excluding hydrogens is 362 g/mol. The fourth-order valence-corrected chi connectivity index (χ4v) is 3.55. The molecule has 1 saturated heterocycles. The van der Waals surface area contributed by atoms with Gasteiger partial charge >= 0.3 is 5.97 Å². The van der Waals surface area contributed by atoms with Crippen LogP contribution in [0, 0.1) is 5.41 Å². The molecule has 0 amide bonds. The summed E-state index contributed by atoms with van der Waals surface area (Å²) in [5.41, 5.74) is -1.10. The topological polar surface area (TPSA) is 92.7 Å². The van der Waals surface area contributed by atoms with Crippen molar-refractivity contribution in [2.24, 2.45) is 5.41 Å². The highest BCUT2D eigenvalue weighted by Gasteiger charge is 2.41. The quantitative estimate of drug-likeness (QED) is 0.812. The molecule has 1 aromatic carbocycles. The van der Waals surface area contributed by atoms with E-state index in [1.165, 1.54) is 12.1 Å². The van der Waals surface area contributed by atoms with Crippen LogP contribution in [0.4, 0.5) is 0 Å². The summed E-state index contributed by atoms with van der Waals surface area (Å²) in [5.74, 6) is -0.996. The summed E-state index contributed by atoms with van der Waals surface area (Å²) in [5, 5.41) is 9.40. The highest BCUT2D eigenvalue weighted by molar-refractivity contribution is 9.10. The van der Waals surface area contributed by atoms with Gasteiger partial charge in [-0.25, -0.2) is 13.1 Å². The number of hydrogen-bond acceptors (Lipinski definition) is 4. The minimum Gasteiger partial charge on any atom is -0.481 e. The Kier molecular flexibility index (Phi) is 5.03. The third-order valence-corrected chi connectivity index (χ3v) is 5.57. The van der Waals surface area contributed by atoms with E-state index >= 15 is 0 Å². The second-order valence-electron chi connectivity index (χ2n) is 4.98. The first-order chi connectivity index (χ1) is 9.86. The van der Waals surface area contributed by atoms with Crippen molar-refractivity contribution in [3.63, 3.8) is 0 Å². The van der Waals surface area contributed by atoms with Crippen molar-refractivity contribution in [2.75, 3.05) is 19.8 Å². The van der Waals surface area contributed by atoms with E-state index in [2.05, 4.69) is 20.7 Å². The summed E-state index contributed by atoms with van der Waals surface area (Å²) >= 11 is 3.23. The summed E-state index contributed by atoms with van der Waals surface area (Å²) in [6, 6.07) is 6.17. The van der Waals surface area contributed by atoms with Crippen LogP contribution < -0.4 is 4.72 Å². The first-order valence-electron chi connectivity index (χ1n) is 6.42. The number of carboxylic acids is 1.